The largest absolute Gasteiger partial charge is 0.493 e. The van der Waals surface area contributed by atoms with Crippen LogP contribution in [0.1, 0.15) is 29.8 Å². The quantitative estimate of drug-likeness (QED) is 0.658. The van der Waals surface area contributed by atoms with Crippen molar-refractivity contribution in [1.29, 1.82) is 0 Å². The highest BCUT2D eigenvalue weighted by molar-refractivity contribution is 5.94. The normalized spacial score (nSPS) is 10.8. The van der Waals surface area contributed by atoms with Gasteiger partial charge in [0.05, 0.1) is 19.4 Å². The van der Waals surface area contributed by atoms with E-state index in [9.17, 15) is 4.79 Å². The Labute approximate surface area is 135 Å². The van der Waals surface area contributed by atoms with E-state index in [2.05, 4.69) is 10.5 Å². The summed E-state index contributed by atoms with van der Waals surface area (Å²) in [4.78, 5) is 11.9. The van der Waals surface area contributed by atoms with Gasteiger partial charge in [-0.2, -0.15) is 5.10 Å². The predicted molar refractivity (Wildman–Crippen MR) is 90.3 cm³/mol. The van der Waals surface area contributed by atoms with Gasteiger partial charge in [0, 0.05) is 5.56 Å². The Hall–Kier alpha value is -2.82. The Balaban J connectivity index is 2.06. The minimum absolute atomic E-state index is 0.0360. The highest BCUT2D eigenvalue weighted by Crippen LogP contribution is 2.28. The van der Waals surface area contributed by atoms with Crippen LogP contribution in [0, 0.1) is 0 Å². The van der Waals surface area contributed by atoms with E-state index >= 15 is 0 Å². The average molecular weight is 312 g/mol. The SMILES string of the molecule is COc1ccc(/C=N/NC(=O)c2ccccc2)cc1OC(C)C. The summed E-state index contributed by atoms with van der Waals surface area (Å²) in [5, 5.41) is 3.97. The molecule has 0 bridgehead atoms. The molecule has 0 aliphatic rings. The molecule has 0 radical (unpaired) electrons. The van der Waals surface area contributed by atoms with Gasteiger partial charge in [-0.25, -0.2) is 5.43 Å². The molecule has 2 aromatic carbocycles. The van der Waals surface area contributed by atoms with E-state index in [-0.39, 0.29) is 12.0 Å². The Morgan fingerprint density at radius 3 is 2.52 bits per heavy atom. The lowest BCUT2D eigenvalue weighted by atomic mass is 10.2. The van der Waals surface area contributed by atoms with Gasteiger partial charge in [-0.3, -0.25) is 4.79 Å². The Kier molecular flexibility index (Phi) is 5.74. The maximum Gasteiger partial charge on any atom is 0.271 e. The Morgan fingerprint density at radius 1 is 1.13 bits per heavy atom. The fourth-order valence-corrected chi connectivity index (χ4v) is 1.94. The molecule has 0 aliphatic heterocycles. The third-order valence-corrected chi connectivity index (χ3v) is 2.97. The summed E-state index contributed by atoms with van der Waals surface area (Å²) in [5.74, 6) is 1.04. The van der Waals surface area contributed by atoms with Crippen molar-refractivity contribution < 1.29 is 14.3 Å². The van der Waals surface area contributed by atoms with Gasteiger partial charge in [-0.1, -0.05) is 18.2 Å². The number of hydrogen-bond donors (Lipinski definition) is 1. The molecule has 0 unspecified atom stereocenters. The lowest BCUT2D eigenvalue weighted by Gasteiger charge is -2.13. The van der Waals surface area contributed by atoms with E-state index in [1.54, 1.807) is 43.7 Å². The van der Waals surface area contributed by atoms with E-state index < -0.39 is 0 Å². The average Bonchev–Trinajstić information content (AvgIpc) is 2.55. The van der Waals surface area contributed by atoms with Crippen LogP contribution in [-0.4, -0.2) is 25.3 Å². The monoisotopic (exact) mass is 312 g/mol. The lowest BCUT2D eigenvalue weighted by molar-refractivity contribution is 0.0955. The van der Waals surface area contributed by atoms with Gasteiger partial charge in [0.25, 0.3) is 5.91 Å². The van der Waals surface area contributed by atoms with Crippen molar-refractivity contribution in [3.8, 4) is 11.5 Å². The van der Waals surface area contributed by atoms with E-state index in [1.165, 1.54) is 0 Å². The van der Waals surface area contributed by atoms with Crippen LogP contribution in [0.15, 0.2) is 53.6 Å². The maximum atomic E-state index is 11.9. The first-order valence-electron chi connectivity index (χ1n) is 7.33. The summed E-state index contributed by atoms with van der Waals surface area (Å²) >= 11 is 0. The van der Waals surface area contributed by atoms with Gasteiger partial charge in [0.2, 0.25) is 0 Å². The summed E-state index contributed by atoms with van der Waals surface area (Å²) in [7, 11) is 1.59. The fourth-order valence-electron chi connectivity index (χ4n) is 1.94. The minimum Gasteiger partial charge on any atom is -0.493 e. The van der Waals surface area contributed by atoms with Crippen LogP contribution in [0.4, 0.5) is 0 Å². The molecule has 5 nitrogen and oxygen atoms in total. The summed E-state index contributed by atoms with van der Waals surface area (Å²) in [6, 6.07) is 14.4. The highest BCUT2D eigenvalue weighted by atomic mass is 16.5. The van der Waals surface area contributed by atoms with Crippen molar-refractivity contribution in [2.75, 3.05) is 7.11 Å². The molecule has 0 fully saturated rings. The van der Waals surface area contributed by atoms with Crippen LogP contribution in [-0.2, 0) is 0 Å². The topological polar surface area (TPSA) is 59.9 Å². The van der Waals surface area contributed by atoms with Crippen molar-refractivity contribution in [3.63, 3.8) is 0 Å². The van der Waals surface area contributed by atoms with Gasteiger partial charge in [-0.05, 0) is 49.7 Å². The van der Waals surface area contributed by atoms with E-state index in [0.717, 1.165) is 5.56 Å². The molecule has 2 rings (SSSR count). The van der Waals surface area contributed by atoms with Crippen molar-refractivity contribution >= 4 is 12.1 Å². The third kappa shape index (κ3) is 4.85. The molecule has 0 saturated heterocycles. The van der Waals surface area contributed by atoms with Gasteiger partial charge in [0.15, 0.2) is 11.5 Å². The number of amides is 1. The molecule has 0 atom stereocenters. The van der Waals surface area contributed by atoms with Crippen molar-refractivity contribution in [2.45, 2.75) is 20.0 Å². The number of nitrogens with zero attached hydrogens (tertiary/aromatic N) is 1. The number of carbonyl (C=O) groups is 1. The number of nitrogens with one attached hydrogen (secondary N) is 1. The summed E-state index contributed by atoms with van der Waals surface area (Å²) in [6.45, 7) is 3.89. The van der Waals surface area contributed by atoms with Crippen molar-refractivity contribution in [3.05, 3.63) is 59.7 Å². The molecule has 1 amide bonds. The molecule has 2 aromatic rings. The fraction of sp³-hybridized carbons (Fsp3) is 0.222. The third-order valence-electron chi connectivity index (χ3n) is 2.97. The lowest BCUT2D eigenvalue weighted by Crippen LogP contribution is -2.17. The number of ether oxygens (including phenoxy) is 2. The zero-order chi connectivity index (χ0) is 16.7. The first-order valence-corrected chi connectivity index (χ1v) is 7.33. The Morgan fingerprint density at radius 2 is 1.87 bits per heavy atom. The number of benzene rings is 2. The van der Waals surface area contributed by atoms with E-state index in [4.69, 9.17) is 9.47 Å². The molecular weight excluding hydrogens is 292 g/mol. The van der Waals surface area contributed by atoms with Gasteiger partial charge in [0.1, 0.15) is 0 Å². The highest BCUT2D eigenvalue weighted by Gasteiger charge is 2.07. The molecule has 0 aromatic heterocycles. The maximum absolute atomic E-state index is 11.9. The summed E-state index contributed by atoms with van der Waals surface area (Å²) in [5.41, 5.74) is 3.85. The number of methoxy groups -OCH3 is 1. The molecule has 120 valence electrons. The molecular formula is C18H20N2O3. The van der Waals surface area contributed by atoms with Gasteiger partial charge >= 0.3 is 0 Å². The van der Waals surface area contributed by atoms with Crippen LogP contribution in [0.5, 0.6) is 11.5 Å². The molecule has 1 N–H and O–H groups in total. The van der Waals surface area contributed by atoms with Gasteiger partial charge < -0.3 is 9.47 Å². The minimum atomic E-state index is -0.256. The van der Waals surface area contributed by atoms with Crippen LogP contribution < -0.4 is 14.9 Å². The molecule has 0 heterocycles. The zero-order valence-corrected chi connectivity index (χ0v) is 13.4. The number of carbonyl (C=O) groups excluding carboxylic acids is 1. The second kappa shape index (κ2) is 7.98. The van der Waals surface area contributed by atoms with Crippen molar-refractivity contribution in [2.24, 2.45) is 5.10 Å². The van der Waals surface area contributed by atoms with Crippen molar-refractivity contribution in [1.82, 2.24) is 5.43 Å². The van der Waals surface area contributed by atoms with Crippen LogP contribution >= 0.6 is 0 Å². The molecule has 0 aliphatic carbocycles. The van der Waals surface area contributed by atoms with E-state index in [1.807, 2.05) is 32.0 Å². The van der Waals surface area contributed by atoms with Crippen LogP contribution in [0.2, 0.25) is 0 Å². The zero-order valence-electron chi connectivity index (χ0n) is 13.4. The first kappa shape index (κ1) is 16.5. The number of rotatable bonds is 6. The second-order valence-corrected chi connectivity index (χ2v) is 5.14. The first-order chi connectivity index (χ1) is 11.1. The molecule has 5 heteroatoms. The molecule has 23 heavy (non-hydrogen) atoms. The number of hydrazone groups is 1. The standard InChI is InChI=1S/C18H20N2O3/c1-13(2)23-17-11-14(9-10-16(17)22-3)12-19-20-18(21)15-7-5-4-6-8-15/h4-13H,1-3H3,(H,20,21)/b19-12+. The predicted octanol–water partition coefficient (Wildman–Crippen LogP) is 3.25. The van der Waals surface area contributed by atoms with Gasteiger partial charge in [-0.15, -0.1) is 0 Å². The molecule has 0 spiro atoms. The van der Waals surface area contributed by atoms with Crippen LogP contribution in [0.25, 0.3) is 0 Å². The molecule has 0 saturated carbocycles. The summed E-state index contributed by atoms with van der Waals surface area (Å²) in [6.07, 6.45) is 1.60. The summed E-state index contributed by atoms with van der Waals surface area (Å²) < 4.78 is 11.0. The van der Waals surface area contributed by atoms with Crippen LogP contribution in [0.3, 0.4) is 0 Å². The smallest absolute Gasteiger partial charge is 0.271 e. The van der Waals surface area contributed by atoms with E-state index in [0.29, 0.717) is 17.1 Å². The Bertz CT molecular complexity index is 682. The second-order valence-electron chi connectivity index (χ2n) is 5.14. The number of hydrogen-bond acceptors (Lipinski definition) is 4.